The summed E-state index contributed by atoms with van der Waals surface area (Å²) in [4.78, 5) is 11.8. The summed E-state index contributed by atoms with van der Waals surface area (Å²) in [5.74, 6) is -0.670. The fraction of sp³-hybridized carbons (Fsp3) is 0.333. The van der Waals surface area contributed by atoms with E-state index in [1.165, 1.54) is 0 Å². The zero-order valence-corrected chi connectivity index (χ0v) is 11.6. The molecule has 0 unspecified atom stereocenters. The summed E-state index contributed by atoms with van der Waals surface area (Å²) in [7, 11) is 0. The highest BCUT2D eigenvalue weighted by atomic mass is 16.5. The molecule has 0 atom stereocenters. The quantitative estimate of drug-likeness (QED) is 0.465. The monoisotopic (exact) mass is 274 g/mol. The molecular formula is C15H18N2O3. The Morgan fingerprint density at radius 3 is 2.55 bits per heavy atom. The van der Waals surface area contributed by atoms with Crippen LogP contribution in [0.4, 0.5) is 0 Å². The van der Waals surface area contributed by atoms with E-state index >= 15 is 0 Å². The Labute approximate surface area is 118 Å². The number of rotatable bonds is 6. The van der Waals surface area contributed by atoms with E-state index in [0.29, 0.717) is 11.3 Å². The molecule has 0 bridgehead atoms. The molecule has 0 aromatic heterocycles. The molecule has 5 nitrogen and oxygen atoms in total. The Morgan fingerprint density at radius 2 is 2.05 bits per heavy atom. The van der Waals surface area contributed by atoms with Gasteiger partial charge in [0.05, 0.1) is 18.9 Å². The molecule has 0 aliphatic rings. The number of hydrogen-bond donors (Lipinski definition) is 2. The first kappa shape index (κ1) is 15.7. The van der Waals surface area contributed by atoms with E-state index in [1.807, 2.05) is 37.3 Å². The van der Waals surface area contributed by atoms with E-state index < -0.39 is 5.97 Å². The van der Waals surface area contributed by atoms with E-state index in [4.69, 9.17) is 9.84 Å². The molecule has 106 valence electrons. The minimum absolute atomic E-state index is 0.0934. The van der Waals surface area contributed by atoms with Gasteiger partial charge in [-0.05, 0) is 19.4 Å². The summed E-state index contributed by atoms with van der Waals surface area (Å²) in [6.07, 6.45) is 0. The lowest BCUT2D eigenvalue weighted by Gasteiger charge is -2.13. The summed E-state index contributed by atoms with van der Waals surface area (Å²) in [5.41, 5.74) is 2.06. The van der Waals surface area contributed by atoms with Gasteiger partial charge in [0.2, 0.25) is 0 Å². The van der Waals surface area contributed by atoms with Crippen molar-refractivity contribution >= 4 is 11.7 Å². The SMILES string of the molecule is CCOC(=O)C(C#N)=C(NCCO)c1ccc(C)cc1. The van der Waals surface area contributed by atoms with Crippen molar-refractivity contribution in [3.05, 3.63) is 41.0 Å². The van der Waals surface area contributed by atoms with Crippen molar-refractivity contribution in [2.75, 3.05) is 19.8 Å². The number of aliphatic hydroxyl groups is 1. The third-order valence-corrected chi connectivity index (χ3v) is 2.60. The predicted octanol–water partition coefficient (Wildman–Crippen LogP) is 1.37. The van der Waals surface area contributed by atoms with Gasteiger partial charge in [-0.2, -0.15) is 5.26 Å². The van der Waals surface area contributed by atoms with E-state index in [2.05, 4.69) is 5.32 Å². The molecule has 5 heteroatoms. The maximum Gasteiger partial charge on any atom is 0.351 e. The van der Waals surface area contributed by atoms with Crippen LogP contribution < -0.4 is 5.32 Å². The average molecular weight is 274 g/mol. The fourth-order valence-corrected chi connectivity index (χ4v) is 1.64. The molecule has 20 heavy (non-hydrogen) atoms. The molecular weight excluding hydrogens is 256 g/mol. The smallest absolute Gasteiger partial charge is 0.351 e. The molecule has 0 saturated heterocycles. The number of aryl methyl sites for hydroxylation is 1. The molecule has 0 fully saturated rings. The Hall–Kier alpha value is -2.32. The van der Waals surface area contributed by atoms with E-state index in [9.17, 15) is 10.1 Å². The summed E-state index contributed by atoms with van der Waals surface area (Å²) in [5, 5.41) is 21.0. The molecule has 0 amide bonds. The molecule has 0 aliphatic heterocycles. The highest BCUT2D eigenvalue weighted by molar-refractivity contribution is 6.01. The van der Waals surface area contributed by atoms with Crippen molar-refractivity contribution in [2.45, 2.75) is 13.8 Å². The number of benzene rings is 1. The van der Waals surface area contributed by atoms with Gasteiger partial charge in [0.25, 0.3) is 0 Å². The second-order valence-corrected chi connectivity index (χ2v) is 4.10. The third kappa shape index (κ3) is 4.11. The van der Waals surface area contributed by atoms with Crippen LogP contribution in [-0.2, 0) is 9.53 Å². The van der Waals surface area contributed by atoms with Crippen molar-refractivity contribution in [1.82, 2.24) is 5.32 Å². The van der Waals surface area contributed by atoms with E-state index in [1.54, 1.807) is 6.92 Å². The summed E-state index contributed by atoms with van der Waals surface area (Å²) in [6.45, 7) is 3.97. The molecule has 0 aliphatic carbocycles. The topological polar surface area (TPSA) is 82.4 Å². The van der Waals surface area contributed by atoms with Gasteiger partial charge >= 0.3 is 5.97 Å². The largest absolute Gasteiger partial charge is 0.462 e. The van der Waals surface area contributed by atoms with E-state index in [0.717, 1.165) is 5.56 Å². The van der Waals surface area contributed by atoms with Crippen molar-refractivity contribution in [3.8, 4) is 6.07 Å². The fourth-order valence-electron chi connectivity index (χ4n) is 1.64. The maximum atomic E-state index is 11.8. The Kier molecular flexibility index (Phi) is 6.27. The Bertz CT molecular complexity index is 527. The average Bonchev–Trinajstić information content (AvgIpc) is 2.44. The van der Waals surface area contributed by atoms with Gasteiger partial charge in [-0.25, -0.2) is 4.79 Å². The van der Waals surface area contributed by atoms with Gasteiger partial charge in [-0.1, -0.05) is 29.8 Å². The number of nitrogens with zero attached hydrogens (tertiary/aromatic N) is 1. The molecule has 1 rings (SSSR count). The number of aliphatic hydroxyl groups excluding tert-OH is 1. The molecule has 1 aromatic carbocycles. The Balaban J connectivity index is 3.24. The summed E-state index contributed by atoms with van der Waals surface area (Å²) >= 11 is 0. The summed E-state index contributed by atoms with van der Waals surface area (Å²) in [6, 6.07) is 9.26. The molecule has 2 N–H and O–H groups in total. The zero-order valence-electron chi connectivity index (χ0n) is 11.6. The normalized spacial score (nSPS) is 11.3. The van der Waals surface area contributed by atoms with Gasteiger partial charge in [0, 0.05) is 6.54 Å². The van der Waals surface area contributed by atoms with Crippen LogP contribution in [-0.4, -0.2) is 30.8 Å². The first-order valence-corrected chi connectivity index (χ1v) is 6.37. The molecule has 0 saturated carbocycles. The first-order chi connectivity index (χ1) is 9.63. The second kappa shape index (κ2) is 7.97. The number of nitriles is 1. The second-order valence-electron chi connectivity index (χ2n) is 4.10. The summed E-state index contributed by atoms with van der Waals surface area (Å²) < 4.78 is 4.88. The predicted molar refractivity (Wildman–Crippen MR) is 75.4 cm³/mol. The maximum absolute atomic E-state index is 11.8. The van der Waals surface area contributed by atoms with Crippen LogP contribution in [0, 0.1) is 18.3 Å². The van der Waals surface area contributed by atoms with Crippen LogP contribution in [0.15, 0.2) is 29.8 Å². The molecule has 0 spiro atoms. The standard InChI is InChI=1S/C15H18N2O3/c1-3-20-15(19)13(10-16)14(17-8-9-18)12-6-4-11(2)5-7-12/h4-7,17-18H,3,8-9H2,1-2H3. The lowest BCUT2D eigenvalue weighted by Crippen LogP contribution is -2.21. The number of esters is 1. The minimum Gasteiger partial charge on any atom is -0.462 e. The van der Waals surface area contributed by atoms with Gasteiger partial charge in [0.15, 0.2) is 5.57 Å². The lowest BCUT2D eigenvalue weighted by atomic mass is 10.1. The van der Waals surface area contributed by atoms with Crippen molar-refractivity contribution in [2.24, 2.45) is 0 Å². The highest BCUT2D eigenvalue weighted by Gasteiger charge is 2.17. The van der Waals surface area contributed by atoms with Crippen LogP contribution >= 0.6 is 0 Å². The minimum atomic E-state index is -0.670. The number of hydrogen-bond acceptors (Lipinski definition) is 5. The first-order valence-electron chi connectivity index (χ1n) is 6.37. The Morgan fingerprint density at radius 1 is 1.40 bits per heavy atom. The number of nitrogens with one attached hydrogen (secondary N) is 1. The number of carbonyl (C=O) groups is 1. The van der Waals surface area contributed by atoms with Crippen LogP contribution in [0.1, 0.15) is 18.1 Å². The van der Waals surface area contributed by atoms with Crippen molar-refractivity contribution in [1.29, 1.82) is 5.26 Å². The van der Waals surface area contributed by atoms with Crippen molar-refractivity contribution in [3.63, 3.8) is 0 Å². The van der Waals surface area contributed by atoms with Crippen LogP contribution in [0.2, 0.25) is 0 Å². The van der Waals surface area contributed by atoms with Crippen LogP contribution in [0.25, 0.3) is 5.70 Å². The molecule has 0 radical (unpaired) electrons. The van der Waals surface area contributed by atoms with Crippen LogP contribution in [0.3, 0.4) is 0 Å². The van der Waals surface area contributed by atoms with Crippen molar-refractivity contribution < 1.29 is 14.6 Å². The number of ether oxygens (including phenoxy) is 1. The van der Waals surface area contributed by atoms with Crippen LogP contribution in [0.5, 0.6) is 0 Å². The van der Waals surface area contributed by atoms with Gasteiger partial charge in [-0.15, -0.1) is 0 Å². The third-order valence-electron chi connectivity index (χ3n) is 2.60. The van der Waals surface area contributed by atoms with E-state index in [-0.39, 0.29) is 25.3 Å². The molecule has 1 aromatic rings. The van der Waals surface area contributed by atoms with Gasteiger partial charge < -0.3 is 15.2 Å². The number of carbonyl (C=O) groups excluding carboxylic acids is 1. The lowest BCUT2D eigenvalue weighted by molar-refractivity contribution is -0.137. The zero-order chi connectivity index (χ0) is 15.0. The highest BCUT2D eigenvalue weighted by Crippen LogP contribution is 2.17. The molecule has 0 heterocycles. The van der Waals surface area contributed by atoms with Gasteiger partial charge in [0.1, 0.15) is 6.07 Å². The van der Waals surface area contributed by atoms with Gasteiger partial charge in [-0.3, -0.25) is 0 Å².